The quantitative estimate of drug-likeness (QED) is 0.831. The number of rotatable bonds is 4. The number of ether oxygens (including phenoxy) is 2. The van der Waals surface area contributed by atoms with E-state index in [1.165, 1.54) is 11.6 Å². The highest BCUT2D eigenvalue weighted by molar-refractivity contribution is 5.46. The van der Waals surface area contributed by atoms with Crippen LogP contribution in [-0.2, 0) is 18.8 Å². The Labute approximate surface area is 151 Å². The minimum atomic E-state index is -0.438. The molecule has 0 radical (unpaired) electrons. The molecule has 0 unspecified atom stereocenters. The van der Waals surface area contributed by atoms with Crippen LogP contribution in [0.15, 0.2) is 33.9 Å². The summed E-state index contributed by atoms with van der Waals surface area (Å²) in [4.78, 5) is 27.3. The molecule has 0 saturated carbocycles. The van der Waals surface area contributed by atoms with Gasteiger partial charge in [-0.05, 0) is 17.7 Å². The first-order chi connectivity index (χ1) is 12.5. The summed E-state index contributed by atoms with van der Waals surface area (Å²) in [5.41, 5.74) is 6.72. The molecule has 1 aromatic heterocycles. The second kappa shape index (κ2) is 7.35. The van der Waals surface area contributed by atoms with Crippen molar-refractivity contribution in [3.63, 3.8) is 0 Å². The molecule has 3 rings (SSSR count). The monoisotopic (exact) mass is 360 g/mol. The van der Waals surface area contributed by atoms with E-state index >= 15 is 0 Å². The standard InChI is InChI=1S/C18H24N4O4/c1-20-16(19)14(17(23)21(2)18(20)24)15(22-8-10-26-11-9-22)12-4-6-13(25-3)7-5-12/h4-7,15H,8-11,19H2,1-3H3/t15-/m0/s1. The average molecular weight is 360 g/mol. The van der Waals surface area contributed by atoms with Gasteiger partial charge in [0.05, 0.1) is 31.9 Å². The van der Waals surface area contributed by atoms with Crippen LogP contribution in [0.4, 0.5) is 5.82 Å². The van der Waals surface area contributed by atoms with Crippen LogP contribution < -0.4 is 21.7 Å². The van der Waals surface area contributed by atoms with Crippen molar-refractivity contribution in [1.29, 1.82) is 0 Å². The van der Waals surface area contributed by atoms with Gasteiger partial charge in [-0.3, -0.25) is 18.8 Å². The average Bonchev–Trinajstić information content (AvgIpc) is 2.69. The largest absolute Gasteiger partial charge is 0.497 e. The van der Waals surface area contributed by atoms with Crippen LogP contribution in [0, 0.1) is 0 Å². The SMILES string of the molecule is COc1ccc([C@@H](c2c(N)n(C)c(=O)n(C)c2=O)N2CCOCC2)cc1. The van der Waals surface area contributed by atoms with Gasteiger partial charge < -0.3 is 15.2 Å². The molecule has 1 aromatic carbocycles. The first-order valence-corrected chi connectivity index (χ1v) is 8.46. The van der Waals surface area contributed by atoms with Crippen LogP contribution in [0.25, 0.3) is 0 Å². The Kier molecular flexibility index (Phi) is 5.15. The van der Waals surface area contributed by atoms with Crippen LogP contribution >= 0.6 is 0 Å². The number of aromatic nitrogens is 2. The second-order valence-electron chi connectivity index (χ2n) is 6.33. The molecule has 0 bridgehead atoms. The molecule has 0 spiro atoms. The zero-order valence-electron chi connectivity index (χ0n) is 15.3. The molecule has 0 aliphatic carbocycles. The Morgan fingerprint density at radius 1 is 1.08 bits per heavy atom. The number of benzene rings is 1. The predicted octanol–water partition coefficient (Wildman–Crippen LogP) is 0.0964. The van der Waals surface area contributed by atoms with E-state index in [-0.39, 0.29) is 17.4 Å². The van der Waals surface area contributed by atoms with E-state index in [4.69, 9.17) is 15.2 Å². The fourth-order valence-electron chi connectivity index (χ4n) is 3.32. The number of hydrogen-bond donors (Lipinski definition) is 1. The Morgan fingerprint density at radius 3 is 2.27 bits per heavy atom. The van der Waals surface area contributed by atoms with Crippen LogP contribution in [-0.4, -0.2) is 47.4 Å². The van der Waals surface area contributed by atoms with E-state index in [2.05, 4.69) is 4.90 Å². The molecule has 8 nitrogen and oxygen atoms in total. The van der Waals surface area contributed by atoms with Crippen molar-refractivity contribution in [2.75, 3.05) is 39.1 Å². The van der Waals surface area contributed by atoms with E-state index in [9.17, 15) is 9.59 Å². The number of methoxy groups -OCH3 is 1. The highest BCUT2D eigenvalue weighted by Gasteiger charge is 2.30. The van der Waals surface area contributed by atoms with Gasteiger partial charge in [-0.2, -0.15) is 0 Å². The van der Waals surface area contributed by atoms with E-state index in [1.54, 1.807) is 14.2 Å². The highest BCUT2D eigenvalue weighted by Crippen LogP contribution is 2.31. The molecule has 8 heteroatoms. The van der Waals surface area contributed by atoms with Crippen LogP contribution in [0.3, 0.4) is 0 Å². The lowest BCUT2D eigenvalue weighted by molar-refractivity contribution is 0.0236. The molecule has 26 heavy (non-hydrogen) atoms. The highest BCUT2D eigenvalue weighted by atomic mass is 16.5. The first-order valence-electron chi connectivity index (χ1n) is 8.46. The lowest BCUT2D eigenvalue weighted by Crippen LogP contribution is -2.46. The molecular formula is C18H24N4O4. The van der Waals surface area contributed by atoms with Crippen molar-refractivity contribution in [1.82, 2.24) is 14.0 Å². The smallest absolute Gasteiger partial charge is 0.332 e. The first kappa shape index (κ1) is 18.2. The van der Waals surface area contributed by atoms with Crippen molar-refractivity contribution < 1.29 is 9.47 Å². The van der Waals surface area contributed by atoms with Crippen molar-refractivity contribution >= 4 is 5.82 Å². The van der Waals surface area contributed by atoms with Crippen LogP contribution in [0.1, 0.15) is 17.2 Å². The van der Waals surface area contributed by atoms with Gasteiger partial charge in [0.15, 0.2) is 0 Å². The zero-order valence-corrected chi connectivity index (χ0v) is 15.3. The normalized spacial score (nSPS) is 16.4. The molecule has 1 saturated heterocycles. The van der Waals surface area contributed by atoms with Gasteiger partial charge in [0.2, 0.25) is 0 Å². The van der Waals surface area contributed by atoms with E-state index in [0.717, 1.165) is 15.9 Å². The van der Waals surface area contributed by atoms with Gasteiger partial charge in [-0.1, -0.05) is 12.1 Å². The zero-order chi connectivity index (χ0) is 18.8. The van der Waals surface area contributed by atoms with Gasteiger partial charge >= 0.3 is 5.69 Å². The topological polar surface area (TPSA) is 91.7 Å². The molecule has 1 aliphatic heterocycles. The van der Waals surface area contributed by atoms with Gasteiger partial charge in [0.25, 0.3) is 5.56 Å². The summed E-state index contributed by atoms with van der Waals surface area (Å²) in [7, 11) is 4.65. The summed E-state index contributed by atoms with van der Waals surface area (Å²) in [5.74, 6) is 0.918. The van der Waals surface area contributed by atoms with Crippen molar-refractivity contribution in [3.05, 3.63) is 56.2 Å². The van der Waals surface area contributed by atoms with Crippen LogP contribution in [0.5, 0.6) is 5.75 Å². The summed E-state index contributed by atoms with van der Waals surface area (Å²) < 4.78 is 13.1. The molecule has 1 atom stereocenters. The fraction of sp³-hybridized carbons (Fsp3) is 0.444. The lowest BCUT2D eigenvalue weighted by Gasteiger charge is -2.35. The Balaban J connectivity index is 2.21. The summed E-state index contributed by atoms with van der Waals surface area (Å²) in [6.07, 6.45) is 0. The Morgan fingerprint density at radius 2 is 1.69 bits per heavy atom. The van der Waals surface area contributed by atoms with Gasteiger partial charge in [0, 0.05) is 27.2 Å². The van der Waals surface area contributed by atoms with Crippen LogP contribution in [0.2, 0.25) is 0 Å². The maximum Gasteiger partial charge on any atom is 0.332 e. The predicted molar refractivity (Wildman–Crippen MR) is 98.6 cm³/mol. The molecule has 1 aliphatic rings. The third-order valence-corrected chi connectivity index (χ3v) is 4.86. The van der Waals surface area contributed by atoms with Gasteiger partial charge in [0.1, 0.15) is 11.6 Å². The van der Waals surface area contributed by atoms with Crippen molar-refractivity contribution in [3.8, 4) is 5.75 Å². The summed E-state index contributed by atoms with van der Waals surface area (Å²) >= 11 is 0. The molecule has 0 amide bonds. The van der Waals surface area contributed by atoms with Crippen molar-refractivity contribution in [2.24, 2.45) is 14.1 Å². The number of morpholine rings is 1. The summed E-state index contributed by atoms with van der Waals surface area (Å²) in [5, 5.41) is 0. The van der Waals surface area contributed by atoms with Gasteiger partial charge in [-0.15, -0.1) is 0 Å². The summed E-state index contributed by atoms with van der Waals surface area (Å²) in [6.45, 7) is 2.50. The lowest BCUT2D eigenvalue weighted by atomic mass is 9.97. The number of anilines is 1. The van der Waals surface area contributed by atoms with E-state index < -0.39 is 5.69 Å². The van der Waals surface area contributed by atoms with E-state index in [1.807, 2.05) is 24.3 Å². The van der Waals surface area contributed by atoms with E-state index in [0.29, 0.717) is 31.9 Å². The number of nitrogens with zero attached hydrogens (tertiary/aromatic N) is 3. The minimum Gasteiger partial charge on any atom is -0.497 e. The minimum absolute atomic E-state index is 0.186. The number of nitrogens with two attached hydrogens (primary N) is 1. The number of hydrogen-bond acceptors (Lipinski definition) is 6. The fourth-order valence-corrected chi connectivity index (χ4v) is 3.32. The number of nitrogen functional groups attached to an aromatic ring is 1. The molecular weight excluding hydrogens is 336 g/mol. The summed E-state index contributed by atoms with van der Waals surface area (Å²) in [6, 6.07) is 7.18. The third-order valence-electron chi connectivity index (χ3n) is 4.86. The molecule has 140 valence electrons. The maximum atomic E-state index is 12.9. The van der Waals surface area contributed by atoms with Gasteiger partial charge in [-0.25, -0.2) is 4.79 Å². The van der Waals surface area contributed by atoms with Crippen molar-refractivity contribution in [2.45, 2.75) is 6.04 Å². The molecule has 1 fully saturated rings. The Bertz CT molecular complexity index is 895. The third kappa shape index (κ3) is 3.13. The molecule has 2 N–H and O–H groups in total. The second-order valence-corrected chi connectivity index (χ2v) is 6.33. The molecule has 2 heterocycles. The molecule has 2 aromatic rings. The Hall–Kier alpha value is -2.58. The maximum absolute atomic E-state index is 12.9.